The van der Waals surface area contributed by atoms with Gasteiger partial charge in [-0.3, -0.25) is 0 Å². The molecule has 0 bridgehead atoms. The molecular formula is C16H21N. The van der Waals surface area contributed by atoms with Gasteiger partial charge in [-0.15, -0.1) is 0 Å². The van der Waals surface area contributed by atoms with Crippen molar-refractivity contribution in [3.63, 3.8) is 0 Å². The number of fused-ring (bicyclic) bond motifs is 1. The lowest BCUT2D eigenvalue weighted by Gasteiger charge is -2.54. The number of piperidine rings is 1. The smallest absolute Gasteiger partial charge is 0.0497 e. The summed E-state index contributed by atoms with van der Waals surface area (Å²) in [5.41, 5.74) is 4.18. The second-order valence-electron chi connectivity index (χ2n) is 6.26. The van der Waals surface area contributed by atoms with E-state index >= 15 is 0 Å². The third-order valence-corrected chi connectivity index (χ3v) is 5.63. The van der Waals surface area contributed by atoms with Crippen LogP contribution in [0, 0.1) is 5.41 Å². The average Bonchev–Trinajstić information content (AvgIpc) is 2.69. The Morgan fingerprint density at radius 1 is 0.941 bits per heavy atom. The first-order valence-corrected chi connectivity index (χ1v) is 7.20. The SMILES string of the molecule is c1ccc2c(c1)CC13CCCCC21NCCC3. The molecule has 2 unspecified atom stereocenters. The topological polar surface area (TPSA) is 12.0 Å². The van der Waals surface area contributed by atoms with Crippen molar-refractivity contribution in [2.75, 3.05) is 6.54 Å². The van der Waals surface area contributed by atoms with Crippen LogP contribution < -0.4 is 5.32 Å². The maximum atomic E-state index is 3.94. The predicted molar refractivity (Wildman–Crippen MR) is 70.0 cm³/mol. The largest absolute Gasteiger partial charge is 0.307 e. The molecule has 1 aromatic carbocycles. The quantitative estimate of drug-likeness (QED) is 0.716. The standard InChI is InChI=1S/C16H21N/c1-2-7-14-13(6-1)12-15-8-3-4-10-16(14,15)17-11-5-9-15/h1-2,6-7,17H,3-5,8-12H2. The van der Waals surface area contributed by atoms with Crippen LogP contribution in [0.2, 0.25) is 0 Å². The molecule has 17 heavy (non-hydrogen) atoms. The minimum atomic E-state index is 0.347. The lowest BCUT2D eigenvalue weighted by molar-refractivity contribution is 0.00867. The van der Waals surface area contributed by atoms with Crippen molar-refractivity contribution >= 4 is 0 Å². The van der Waals surface area contributed by atoms with Gasteiger partial charge in [-0.25, -0.2) is 0 Å². The Morgan fingerprint density at radius 3 is 2.76 bits per heavy atom. The summed E-state index contributed by atoms with van der Waals surface area (Å²) in [6, 6.07) is 9.20. The van der Waals surface area contributed by atoms with Crippen LogP contribution in [0.15, 0.2) is 24.3 Å². The van der Waals surface area contributed by atoms with Crippen LogP contribution >= 0.6 is 0 Å². The summed E-state index contributed by atoms with van der Waals surface area (Å²) in [6.07, 6.45) is 9.79. The van der Waals surface area contributed by atoms with E-state index in [1.807, 2.05) is 0 Å². The Morgan fingerprint density at radius 2 is 1.76 bits per heavy atom. The second kappa shape index (κ2) is 3.35. The Hall–Kier alpha value is -0.820. The van der Waals surface area contributed by atoms with Gasteiger partial charge in [0.15, 0.2) is 0 Å². The Bertz CT molecular complexity index is 437. The molecule has 90 valence electrons. The van der Waals surface area contributed by atoms with Crippen molar-refractivity contribution < 1.29 is 0 Å². The molecule has 0 aromatic heterocycles. The number of rotatable bonds is 0. The molecule has 1 saturated heterocycles. The van der Waals surface area contributed by atoms with E-state index in [9.17, 15) is 0 Å². The Balaban J connectivity index is 1.93. The fourth-order valence-electron chi connectivity index (χ4n) is 4.97. The van der Waals surface area contributed by atoms with E-state index in [-0.39, 0.29) is 0 Å². The molecule has 0 spiro atoms. The number of hydrogen-bond acceptors (Lipinski definition) is 1. The summed E-state index contributed by atoms with van der Waals surface area (Å²) < 4.78 is 0. The maximum Gasteiger partial charge on any atom is 0.0497 e. The molecule has 1 N–H and O–H groups in total. The summed E-state index contributed by atoms with van der Waals surface area (Å²) in [5, 5.41) is 3.94. The van der Waals surface area contributed by atoms with E-state index < -0.39 is 0 Å². The van der Waals surface area contributed by atoms with E-state index in [2.05, 4.69) is 29.6 Å². The zero-order valence-electron chi connectivity index (χ0n) is 10.5. The van der Waals surface area contributed by atoms with E-state index in [1.54, 1.807) is 11.1 Å². The zero-order chi connectivity index (χ0) is 11.3. The van der Waals surface area contributed by atoms with Gasteiger partial charge < -0.3 is 5.32 Å². The first-order chi connectivity index (χ1) is 8.36. The van der Waals surface area contributed by atoms with Gasteiger partial charge in [0.05, 0.1) is 0 Å². The molecule has 1 nitrogen and oxygen atoms in total. The first-order valence-electron chi connectivity index (χ1n) is 7.20. The lowest BCUT2D eigenvalue weighted by Crippen LogP contribution is -2.58. The summed E-state index contributed by atoms with van der Waals surface area (Å²) in [6.45, 7) is 1.22. The van der Waals surface area contributed by atoms with Crippen LogP contribution in [-0.2, 0) is 12.0 Å². The van der Waals surface area contributed by atoms with Crippen LogP contribution in [0.4, 0.5) is 0 Å². The minimum absolute atomic E-state index is 0.347. The Labute approximate surface area is 104 Å². The minimum Gasteiger partial charge on any atom is -0.307 e. The van der Waals surface area contributed by atoms with E-state index in [0.29, 0.717) is 11.0 Å². The third kappa shape index (κ3) is 1.14. The van der Waals surface area contributed by atoms with Crippen LogP contribution in [-0.4, -0.2) is 6.54 Å². The monoisotopic (exact) mass is 227 g/mol. The second-order valence-corrected chi connectivity index (χ2v) is 6.26. The van der Waals surface area contributed by atoms with Gasteiger partial charge in [0, 0.05) is 5.54 Å². The van der Waals surface area contributed by atoms with E-state index in [4.69, 9.17) is 0 Å². The van der Waals surface area contributed by atoms with Crippen LogP contribution in [0.1, 0.15) is 49.7 Å². The van der Waals surface area contributed by atoms with Crippen molar-refractivity contribution in [3.05, 3.63) is 35.4 Å². The van der Waals surface area contributed by atoms with Gasteiger partial charge in [0.2, 0.25) is 0 Å². The van der Waals surface area contributed by atoms with Gasteiger partial charge in [0.25, 0.3) is 0 Å². The predicted octanol–water partition coefficient (Wildman–Crippen LogP) is 3.38. The fraction of sp³-hybridized carbons (Fsp3) is 0.625. The van der Waals surface area contributed by atoms with Gasteiger partial charge >= 0.3 is 0 Å². The third-order valence-electron chi connectivity index (χ3n) is 5.63. The molecule has 0 radical (unpaired) electrons. The highest BCUT2D eigenvalue weighted by molar-refractivity contribution is 5.44. The molecule has 1 heterocycles. The average molecular weight is 227 g/mol. The van der Waals surface area contributed by atoms with Gasteiger partial charge in [-0.05, 0) is 55.2 Å². The van der Waals surface area contributed by atoms with Crippen LogP contribution in [0.3, 0.4) is 0 Å². The number of benzene rings is 1. The summed E-state index contributed by atoms with van der Waals surface area (Å²) >= 11 is 0. The van der Waals surface area contributed by atoms with Crippen molar-refractivity contribution in [1.82, 2.24) is 5.32 Å². The highest BCUT2D eigenvalue weighted by Gasteiger charge is 2.58. The van der Waals surface area contributed by atoms with Crippen molar-refractivity contribution in [2.45, 2.75) is 50.5 Å². The molecule has 1 aromatic rings. The molecule has 0 amide bonds. The highest BCUT2D eigenvalue weighted by atomic mass is 15.0. The molecule has 4 rings (SSSR count). The van der Waals surface area contributed by atoms with Gasteiger partial charge in [-0.1, -0.05) is 37.1 Å². The fourth-order valence-corrected chi connectivity index (χ4v) is 4.97. The molecule has 2 atom stereocenters. The molecule has 3 aliphatic rings. The molecular weight excluding hydrogens is 206 g/mol. The molecule has 1 heteroatoms. The van der Waals surface area contributed by atoms with Gasteiger partial charge in [-0.2, -0.15) is 0 Å². The number of hydrogen-bond donors (Lipinski definition) is 1. The lowest BCUT2D eigenvalue weighted by atomic mass is 9.58. The molecule has 2 fully saturated rings. The molecule has 1 saturated carbocycles. The summed E-state index contributed by atoms with van der Waals surface area (Å²) in [5.74, 6) is 0. The van der Waals surface area contributed by atoms with Crippen LogP contribution in [0.5, 0.6) is 0 Å². The molecule has 2 aliphatic carbocycles. The summed E-state index contributed by atoms with van der Waals surface area (Å²) in [4.78, 5) is 0. The summed E-state index contributed by atoms with van der Waals surface area (Å²) in [7, 11) is 0. The van der Waals surface area contributed by atoms with Crippen LogP contribution in [0.25, 0.3) is 0 Å². The number of nitrogens with one attached hydrogen (secondary N) is 1. The maximum absolute atomic E-state index is 3.94. The normalized spacial score (nSPS) is 39.3. The molecule has 1 aliphatic heterocycles. The Kier molecular flexibility index (Phi) is 2.00. The first kappa shape index (κ1) is 10.1. The van der Waals surface area contributed by atoms with E-state index in [0.717, 1.165) is 0 Å². The van der Waals surface area contributed by atoms with Crippen molar-refractivity contribution in [2.24, 2.45) is 5.41 Å². The van der Waals surface area contributed by atoms with E-state index in [1.165, 1.54) is 51.5 Å². The highest BCUT2D eigenvalue weighted by Crippen LogP contribution is 2.61. The van der Waals surface area contributed by atoms with Crippen molar-refractivity contribution in [1.29, 1.82) is 0 Å². The van der Waals surface area contributed by atoms with Crippen molar-refractivity contribution in [3.8, 4) is 0 Å². The zero-order valence-corrected chi connectivity index (χ0v) is 10.5. The van der Waals surface area contributed by atoms with Gasteiger partial charge in [0.1, 0.15) is 0 Å².